The zero-order chi connectivity index (χ0) is 30.8. The van der Waals surface area contributed by atoms with Crippen LogP contribution in [0.1, 0.15) is 93.6 Å². The Balaban J connectivity index is 1.28. The van der Waals surface area contributed by atoms with E-state index >= 15 is 4.39 Å². The summed E-state index contributed by atoms with van der Waals surface area (Å²) in [6.45, 7) is 4.19. The molecule has 0 radical (unpaired) electrons. The minimum absolute atomic E-state index is 0.0604. The van der Waals surface area contributed by atoms with Gasteiger partial charge in [0.25, 0.3) is 5.56 Å². The highest BCUT2D eigenvalue weighted by molar-refractivity contribution is 5.83. The van der Waals surface area contributed by atoms with Crippen molar-refractivity contribution in [2.75, 3.05) is 6.61 Å². The highest BCUT2D eigenvalue weighted by Crippen LogP contribution is 2.43. The Morgan fingerprint density at radius 1 is 1.16 bits per heavy atom. The first-order valence-electron chi connectivity index (χ1n) is 15.7. The van der Waals surface area contributed by atoms with Crippen molar-refractivity contribution < 1.29 is 13.9 Å². The van der Waals surface area contributed by atoms with E-state index < -0.39 is 5.82 Å². The highest BCUT2D eigenvalue weighted by Gasteiger charge is 2.42. The molecule has 0 spiro atoms. The van der Waals surface area contributed by atoms with Crippen molar-refractivity contribution in [3.05, 3.63) is 87.3 Å². The molecule has 0 bridgehead atoms. The normalized spacial score (nSPS) is 19.4. The number of ether oxygens (including phenoxy) is 1. The quantitative estimate of drug-likeness (QED) is 0.211. The molecule has 2 fully saturated rings. The van der Waals surface area contributed by atoms with Crippen molar-refractivity contribution in [3.63, 3.8) is 0 Å². The Morgan fingerprint density at radius 2 is 1.93 bits per heavy atom. The monoisotopic (exact) mass is 595 g/mol. The van der Waals surface area contributed by atoms with Crippen molar-refractivity contribution in [2.24, 2.45) is 5.41 Å². The molecule has 0 atom stereocenters. The molecule has 0 N–H and O–H groups in total. The number of aryl methyl sites for hydroxylation is 1. The van der Waals surface area contributed by atoms with Crippen LogP contribution in [0.5, 0.6) is 0 Å². The Hall–Kier alpha value is -4.16. The molecule has 4 aromatic rings. The molecule has 8 nitrogen and oxygen atoms in total. The van der Waals surface area contributed by atoms with Gasteiger partial charge in [-0.15, -0.1) is 0 Å². The lowest BCUT2D eigenvalue weighted by Crippen LogP contribution is -2.42. The molecule has 0 amide bonds. The van der Waals surface area contributed by atoms with Crippen LogP contribution in [0.15, 0.2) is 53.6 Å². The summed E-state index contributed by atoms with van der Waals surface area (Å²) in [5, 5.41) is 14.0. The van der Waals surface area contributed by atoms with Crippen molar-refractivity contribution in [2.45, 2.75) is 90.2 Å². The Labute approximate surface area is 256 Å². The molecule has 44 heavy (non-hydrogen) atoms. The first-order valence-corrected chi connectivity index (χ1v) is 15.7. The Morgan fingerprint density at radius 3 is 2.59 bits per heavy atom. The number of carbonyl (C=O) groups excluding carboxylic acids is 1. The third kappa shape index (κ3) is 5.48. The van der Waals surface area contributed by atoms with Gasteiger partial charge in [-0.05, 0) is 80.7 Å². The molecular weight excluding hydrogens is 557 g/mol. The first kappa shape index (κ1) is 29.9. The second kappa shape index (κ2) is 12.4. The van der Waals surface area contributed by atoms with Gasteiger partial charge in [0, 0.05) is 18.0 Å². The van der Waals surface area contributed by atoms with Gasteiger partial charge in [-0.25, -0.2) is 8.91 Å². The van der Waals surface area contributed by atoms with Gasteiger partial charge in [0.15, 0.2) is 0 Å². The summed E-state index contributed by atoms with van der Waals surface area (Å²) in [6.07, 6.45) is 9.02. The fourth-order valence-electron chi connectivity index (χ4n) is 6.91. The number of halogens is 1. The summed E-state index contributed by atoms with van der Waals surface area (Å²) in [4.78, 5) is 31.0. The second-order valence-electron chi connectivity index (χ2n) is 12.4. The predicted molar refractivity (Wildman–Crippen MR) is 165 cm³/mol. The van der Waals surface area contributed by atoms with Gasteiger partial charge in [0.2, 0.25) is 5.78 Å². The number of hydrogen-bond donors (Lipinski definition) is 0. The third-order valence-electron chi connectivity index (χ3n) is 9.75. The largest absolute Gasteiger partial charge is 0.377 e. The van der Waals surface area contributed by atoms with Crippen LogP contribution in [0.2, 0.25) is 0 Å². The van der Waals surface area contributed by atoms with Gasteiger partial charge in [0.1, 0.15) is 17.9 Å². The number of carbonyl (C=O) groups is 1. The number of Topliss-reactive ketones (excluding diaryl/α,β-unsaturated/α-hetero) is 1. The van der Waals surface area contributed by atoms with Gasteiger partial charge in [-0.3, -0.25) is 14.2 Å². The van der Waals surface area contributed by atoms with E-state index in [4.69, 9.17) is 4.74 Å². The van der Waals surface area contributed by atoms with Gasteiger partial charge in [0.05, 0.1) is 35.5 Å². The summed E-state index contributed by atoms with van der Waals surface area (Å²) in [7, 11) is 0. The van der Waals surface area contributed by atoms with Crippen LogP contribution in [0.25, 0.3) is 16.9 Å². The fraction of sp³-hybridized carbons (Fsp3) is 0.457. The zero-order valence-electron chi connectivity index (χ0n) is 25.4. The molecule has 2 aromatic carbocycles. The molecule has 0 unspecified atom stereocenters. The second-order valence-corrected chi connectivity index (χ2v) is 12.4. The van der Waals surface area contributed by atoms with Crippen LogP contribution in [0.3, 0.4) is 0 Å². The van der Waals surface area contributed by atoms with E-state index in [1.807, 2.05) is 19.1 Å². The maximum atomic E-state index is 15.6. The maximum Gasteiger partial charge on any atom is 0.259 e. The Kier molecular flexibility index (Phi) is 8.46. The minimum atomic E-state index is -0.421. The number of rotatable bonds is 10. The molecule has 2 aliphatic carbocycles. The zero-order valence-corrected chi connectivity index (χ0v) is 25.4. The Bertz CT molecular complexity index is 1790. The third-order valence-corrected chi connectivity index (χ3v) is 9.75. The number of benzene rings is 2. The molecule has 2 heterocycles. The lowest BCUT2D eigenvalue weighted by Gasteiger charge is -2.41. The summed E-state index contributed by atoms with van der Waals surface area (Å²) in [5.41, 5.74) is 3.00. The lowest BCUT2D eigenvalue weighted by atomic mass is 9.67. The smallest absolute Gasteiger partial charge is 0.259 e. The predicted octanol–water partition coefficient (Wildman–Crippen LogP) is 6.37. The van der Waals surface area contributed by atoms with Crippen molar-refractivity contribution in [1.29, 1.82) is 5.26 Å². The van der Waals surface area contributed by atoms with Gasteiger partial charge >= 0.3 is 0 Å². The van der Waals surface area contributed by atoms with E-state index in [-0.39, 0.29) is 35.3 Å². The molecular formula is C35H38FN5O3. The number of nitriles is 1. The van der Waals surface area contributed by atoms with E-state index in [2.05, 4.69) is 16.2 Å². The summed E-state index contributed by atoms with van der Waals surface area (Å²) in [6, 6.07) is 14.2. The van der Waals surface area contributed by atoms with E-state index in [1.54, 1.807) is 40.3 Å². The van der Waals surface area contributed by atoms with E-state index in [9.17, 15) is 14.9 Å². The van der Waals surface area contributed by atoms with E-state index in [0.29, 0.717) is 46.6 Å². The molecule has 2 aromatic heterocycles. The van der Waals surface area contributed by atoms with Crippen LogP contribution in [-0.2, 0) is 22.4 Å². The average molecular weight is 596 g/mol. The summed E-state index contributed by atoms with van der Waals surface area (Å²) >= 11 is 0. The molecule has 228 valence electrons. The molecule has 6 rings (SSSR count). The summed E-state index contributed by atoms with van der Waals surface area (Å²) < 4.78 is 25.4. The minimum Gasteiger partial charge on any atom is -0.377 e. The van der Waals surface area contributed by atoms with Gasteiger partial charge in [-0.1, -0.05) is 50.1 Å². The summed E-state index contributed by atoms with van der Waals surface area (Å²) in [5.74, 6) is 0.311. The SMILES string of the molecule is CCCc1c(Cc2ccc(-c3ccccc3C#N)cc2F)c(=O)n([C@H]2CC[C@H](OCC3(C(C)=O)CCC3)CC2)c2ncnn12. The van der Waals surface area contributed by atoms with Crippen molar-refractivity contribution >= 4 is 11.6 Å². The number of hydrogen-bond acceptors (Lipinski definition) is 6. The lowest BCUT2D eigenvalue weighted by molar-refractivity contribution is -0.140. The van der Waals surface area contributed by atoms with Gasteiger partial charge < -0.3 is 4.74 Å². The van der Waals surface area contributed by atoms with Crippen molar-refractivity contribution in [3.8, 4) is 17.2 Å². The van der Waals surface area contributed by atoms with E-state index in [0.717, 1.165) is 57.1 Å². The fourth-order valence-corrected chi connectivity index (χ4v) is 6.91. The topological polar surface area (TPSA) is 102 Å². The van der Waals surface area contributed by atoms with Crippen LogP contribution in [0.4, 0.5) is 4.39 Å². The maximum absolute atomic E-state index is 15.6. The number of fused-ring (bicyclic) bond motifs is 1. The van der Waals surface area contributed by atoms with Crippen molar-refractivity contribution in [1.82, 2.24) is 19.2 Å². The number of nitrogens with zero attached hydrogens (tertiary/aromatic N) is 5. The van der Waals surface area contributed by atoms with Crippen LogP contribution in [-0.4, -0.2) is 37.7 Å². The number of aromatic nitrogens is 4. The van der Waals surface area contributed by atoms with Crippen LogP contribution in [0, 0.1) is 22.6 Å². The molecule has 2 saturated carbocycles. The van der Waals surface area contributed by atoms with Gasteiger partial charge in [-0.2, -0.15) is 15.3 Å². The highest BCUT2D eigenvalue weighted by atomic mass is 19.1. The standard InChI is InChI=1S/C35H38FN5O3/c1-3-7-32-30(18-25-11-10-24(19-31(25)36)29-9-5-4-8-26(29)20-37)33(43)40(34-38-22-39-41(32)34)27-12-14-28(15-13-27)44-21-35(23(2)42)16-6-17-35/h4-5,8-11,19,22,27-28H,3,6-7,12-18,21H2,1-2H3/t27-,28-. The van der Waals surface area contributed by atoms with E-state index in [1.165, 1.54) is 12.4 Å². The van der Waals surface area contributed by atoms with Crippen LogP contribution < -0.4 is 5.56 Å². The number of ketones is 1. The van der Waals surface area contributed by atoms with Crippen LogP contribution >= 0.6 is 0 Å². The molecule has 9 heteroatoms. The first-order chi connectivity index (χ1) is 21.3. The average Bonchev–Trinajstić information content (AvgIpc) is 3.49. The molecule has 0 saturated heterocycles. The molecule has 2 aliphatic rings. The molecule has 0 aliphatic heterocycles.